The lowest BCUT2D eigenvalue weighted by molar-refractivity contribution is -0.163. The van der Waals surface area contributed by atoms with Crippen molar-refractivity contribution in [3.8, 4) is 11.1 Å². The molecule has 1 saturated heterocycles. The summed E-state index contributed by atoms with van der Waals surface area (Å²) in [5.74, 6) is -0.587. The van der Waals surface area contributed by atoms with Gasteiger partial charge in [-0.05, 0) is 36.6 Å². The van der Waals surface area contributed by atoms with E-state index in [-0.39, 0.29) is 19.1 Å². The van der Waals surface area contributed by atoms with Crippen molar-refractivity contribution in [3.05, 3.63) is 77.6 Å². The van der Waals surface area contributed by atoms with E-state index in [0.29, 0.717) is 25.9 Å². The molecule has 172 valence electrons. The SMILES string of the molecule is Cc1ccc(-c2cccc(CC3(C(N)=O)CN(C(=O)CCn4nccc4C)CCO3)c2)cc1. The Bertz CT molecular complexity index is 1140. The van der Waals surface area contributed by atoms with Crippen LogP contribution in [0.5, 0.6) is 0 Å². The highest BCUT2D eigenvalue weighted by atomic mass is 16.5. The minimum atomic E-state index is -1.25. The van der Waals surface area contributed by atoms with E-state index in [4.69, 9.17) is 10.5 Å². The molecule has 1 unspecified atom stereocenters. The lowest BCUT2D eigenvalue weighted by atomic mass is 9.90. The number of morpholine rings is 1. The average molecular weight is 447 g/mol. The van der Waals surface area contributed by atoms with Gasteiger partial charge in [0, 0.05) is 37.8 Å². The summed E-state index contributed by atoms with van der Waals surface area (Å²) in [6.45, 7) is 5.36. The van der Waals surface area contributed by atoms with E-state index >= 15 is 0 Å². The molecule has 33 heavy (non-hydrogen) atoms. The first kappa shape index (κ1) is 22.7. The van der Waals surface area contributed by atoms with Gasteiger partial charge in [0.15, 0.2) is 5.60 Å². The third-order valence-electron chi connectivity index (χ3n) is 6.26. The molecular formula is C26H30N4O3. The van der Waals surface area contributed by atoms with E-state index < -0.39 is 11.5 Å². The van der Waals surface area contributed by atoms with Crippen LogP contribution in [0.4, 0.5) is 0 Å². The van der Waals surface area contributed by atoms with Crippen molar-refractivity contribution in [2.75, 3.05) is 19.7 Å². The molecule has 1 fully saturated rings. The molecule has 2 heterocycles. The van der Waals surface area contributed by atoms with E-state index in [1.807, 2.05) is 31.2 Å². The first-order chi connectivity index (χ1) is 15.9. The molecule has 0 bridgehead atoms. The zero-order valence-corrected chi connectivity index (χ0v) is 19.2. The number of primary amides is 1. The van der Waals surface area contributed by atoms with Gasteiger partial charge < -0.3 is 15.4 Å². The Kier molecular flexibility index (Phi) is 6.60. The number of hydrogen-bond acceptors (Lipinski definition) is 4. The molecule has 4 rings (SSSR count). The molecule has 1 aliphatic rings. The molecule has 7 nitrogen and oxygen atoms in total. The van der Waals surface area contributed by atoms with Crippen LogP contribution in [0, 0.1) is 13.8 Å². The fourth-order valence-electron chi connectivity index (χ4n) is 4.27. The summed E-state index contributed by atoms with van der Waals surface area (Å²) in [4.78, 5) is 27.2. The van der Waals surface area contributed by atoms with Gasteiger partial charge in [0.25, 0.3) is 5.91 Å². The van der Waals surface area contributed by atoms with Crippen LogP contribution in [0.25, 0.3) is 11.1 Å². The van der Waals surface area contributed by atoms with Gasteiger partial charge in [-0.15, -0.1) is 0 Å². The van der Waals surface area contributed by atoms with Crippen molar-refractivity contribution >= 4 is 11.8 Å². The van der Waals surface area contributed by atoms with Crippen LogP contribution in [0.15, 0.2) is 60.8 Å². The first-order valence-electron chi connectivity index (χ1n) is 11.2. The lowest BCUT2D eigenvalue weighted by Gasteiger charge is -2.41. The first-order valence-corrected chi connectivity index (χ1v) is 11.2. The summed E-state index contributed by atoms with van der Waals surface area (Å²) >= 11 is 0. The number of hydrogen-bond donors (Lipinski definition) is 1. The Morgan fingerprint density at radius 3 is 2.58 bits per heavy atom. The Morgan fingerprint density at radius 2 is 1.88 bits per heavy atom. The average Bonchev–Trinajstić information content (AvgIpc) is 3.23. The molecular weight excluding hydrogens is 416 g/mol. The normalized spacial score (nSPS) is 18.3. The third-order valence-corrected chi connectivity index (χ3v) is 6.26. The predicted molar refractivity (Wildman–Crippen MR) is 126 cm³/mol. The minimum absolute atomic E-state index is 0.0350. The van der Waals surface area contributed by atoms with E-state index in [0.717, 1.165) is 22.4 Å². The second-order valence-electron chi connectivity index (χ2n) is 8.71. The van der Waals surface area contributed by atoms with Gasteiger partial charge in [0.05, 0.1) is 13.2 Å². The quantitative estimate of drug-likeness (QED) is 0.604. The lowest BCUT2D eigenvalue weighted by Crippen LogP contribution is -2.61. The molecule has 2 aromatic carbocycles. The summed E-state index contributed by atoms with van der Waals surface area (Å²) in [5.41, 5.74) is 9.89. The number of ether oxygens (including phenoxy) is 1. The molecule has 2 N–H and O–H groups in total. The number of aromatic nitrogens is 2. The van der Waals surface area contributed by atoms with Crippen LogP contribution in [-0.2, 0) is 27.3 Å². The van der Waals surface area contributed by atoms with Crippen molar-refractivity contribution in [2.45, 2.75) is 38.8 Å². The number of benzene rings is 2. The number of nitrogens with zero attached hydrogens (tertiary/aromatic N) is 3. The molecule has 0 radical (unpaired) electrons. The number of rotatable bonds is 7. The van der Waals surface area contributed by atoms with E-state index in [9.17, 15) is 9.59 Å². The van der Waals surface area contributed by atoms with Crippen molar-refractivity contribution in [1.82, 2.24) is 14.7 Å². The van der Waals surface area contributed by atoms with Crippen molar-refractivity contribution in [3.63, 3.8) is 0 Å². The van der Waals surface area contributed by atoms with Crippen LogP contribution in [0.3, 0.4) is 0 Å². The predicted octanol–water partition coefficient (Wildman–Crippen LogP) is 2.88. The zero-order valence-electron chi connectivity index (χ0n) is 19.2. The Balaban J connectivity index is 1.49. The maximum Gasteiger partial charge on any atom is 0.251 e. The summed E-state index contributed by atoms with van der Waals surface area (Å²) < 4.78 is 7.76. The molecule has 2 amide bonds. The highest BCUT2D eigenvalue weighted by Crippen LogP contribution is 2.27. The number of amides is 2. The van der Waals surface area contributed by atoms with Crippen LogP contribution < -0.4 is 5.73 Å². The van der Waals surface area contributed by atoms with Gasteiger partial charge in [0.2, 0.25) is 5.91 Å². The Hall–Kier alpha value is -3.45. The van der Waals surface area contributed by atoms with Gasteiger partial charge in [-0.3, -0.25) is 14.3 Å². The standard InChI is InChI=1S/C26H30N4O3/c1-19-6-8-22(9-7-19)23-5-3-4-21(16-23)17-26(25(27)32)18-29(14-15-33-26)24(31)11-13-30-20(2)10-12-28-30/h3-10,12,16H,11,13-15,17-18H2,1-2H3,(H2,27,32). The molecule has 1 aromatic heterocycles. The van der Waals surface area contributed by atoms with Gasteiger partial charge in [-0.1, -0.05) is 54.1 Å². The number of carbonyl (C=O) groups excluding carboxylic acids is 2. The second kappa shape index (κ2) is 9.58. The summed E-state index contributed by atoms with van der Waals surface area (Å²) in [5, 5.41) is 4.23. The number of nitrogens with two attached hydrogens (primary N) is 1. The summed E-state index contributed by atoms with van der Waals surface area (Å²) in [6, 6.07) is 18.2. The maximum atomic E-state index is 12.9. The second-order valence-corrected chi connectivity index (χ2v) is 8.71. The smallest absolute Gasteiger partial charge is 0.251 e. The Labute approximate surface area is 194 Å². The van der Waals surface area contributed by atoms with Crippen molar-refractivity contribution in [1.29, 1.82) is 0 Å². The van der Waals surface area contributed by atoms with Crippen molar-refractivity contribution < 1.29 is 14.3 Å². The molecule has 1 atom stereocenters. The molecule has 0 spiro atoms. The Morgan fingerprint density at radius 1 is 1.09 bits per heavy atom. The van der Waals surface area contributed by atoms with Crippen LogP contribution in [0.1, 0.15) is 23.2 Å². The van der Waals surface area contributed by atoms with Crippen LogP contribution in [-0.4, -0.2) is 51.8 Å². The van der Waals surface area contributed by atoms with E-state index in [2.05, 4.69) is 42.4 Å². The summed E-state index contributed by atoms with van der Waals surface area (Å²) in [7, 11) is 0. The molecule has 0 aliphatic carbocycles. The summed E-state index contributed by atoms with van der Waals surface area (Å²) in [6.07, 6.45) is 2.34. The highest BCUT2D eigenvalue weighted by Gasteiger charge is 2.43. The highest BCUT2D eigenvalue weighted by molar-refractivity contribution is 5.86. The minimum Gasteiger partial charge on any atom is -0.367 e. The van der Waals surface area contributed by atoms with Crippen LogP contribution in [0.2, 0.25) is 0 Å². The number of carbonyl (C=O) groups is 2. The monoisotopic (exact) mass is 446 g/mol. The van der Waals surface area contributed by atoms with E-state index in [1.165, 1.54) is 5.56 Å². The van der Waals surface area contributed by atoms with Crippen molar-refractivity contribution in [2.24, 2.45) is 5.73 Å². The van der Waals surface area contributed by atoms with Gasteiger partial charge >= 0.3 is 0 Å². The topological polar surface area (TPSA) is 90.5 Å². The van der Waals surface area contributed by atoms with E-state index in [1.54, 1.807) is 15.8 Å². The molecule has 1 aliphatic heterocycles. The zero-order chi connectivity index (χ0) is 23.4. The van der Waals surface area contributed by atoms with Crippen LogP contribution >= 0.6 is 0 Å². The van der Waals surface area contributed by atoms with Gasteiger partial charge in [-0.25, -0.2) is 0 Å². The van der Waals surface area contributed by atoms with Gasteiger partial charge in [0.1, 0.15) is 0 Å². The molecule has 3 aromatic rings. The third kappa shape index (κ3) is 5.14. The fourth-order valence-corrected chi connectivity index (χ4v) is 4.27. The maximum absolute atomic E-state index is 12.9. The molecule has 7 heteroatoms. The number of aryl methyl sites for hydroxylation is 3. The largest absolute Gasteiger partial charge is 0.367 e. The van der Waals surface area contributed by atoms with Gasteiger partial charge in [-0.2, -0.15) is 5.10 Å². The molecule has 0 saturated carbocycles. The fraction of sp³-hybridized carbons (Fsp3) is 0.346.